The Balaban J connectivity index is 1.49. The maximum Gasteiger partial charge on any atom is 0.0209 e. The van der Waals surface area contributed by atoms with Crippen molar-refractivity contribution in [2.24, 2.45) is 17.8 Å². The first-order valence-corrected chi connectivity index (χ1v) is 14.0. The second-order valence-corrected chi connectivity index (χ2v) is 11.8. The largest absolute Gasteiger partial charge is 0.380 e. The lowest BCUT2D eigenvalue weighted by Gasteiger charge is -2.32. The van der Waals surface area contributed by atoms with Crippen molar-refractivity contribution in [1.29, 1.82) is 0 Å². The highest BCUT2D eigenvalue weighted by atomic mass is 15.1. The van der Waals surface area contributed by atoms with Crippen LogP contribution in [0.5, 0.6) is 0 Å². The van der Waals surface area contributed by atoms with Gasteiger partial charge in [-0.05, 0) is 129 Å². The van der Waals surface area contributed by atoms with Gasteiger partial charge in [0.05, 0.1) is 0 Å². The van der Waals surface area contributed by atoms with Crippen molar-refractivity contribution in [2.45, 2.75) is 51.9 Å². The predicted octanol–water partition coefficient (Wildman–Crippen LogP) is 5.77. The molecule has 3 aromatic rings. The quantitative estimate of drug-likeness (QED) is 0.460. The maximum atomic E-state index is 3.75. The Bertz CT molecular complexity index is 1590. The standard InChI is InChI=1S/C35H36N/c1-23-10-11-26(20-23)27-21-34(30-9-5-7-25-16-18-36(2)19-17-29(25)30)33-15-14-31-28-8-4-3-6-24(28)12-13-32(31)35(33)22-27/h3-8,12,14-15,17,19,23,26-27H,10-11,13,16,18,20-22H2,1-2H3. The van der Waals surface area contributed by atoms with Gasteiger partial charge in [0.1, 0.15) is 0 Å². The Labute approximate surface area is 215 Å². The van der Waals surface area contributed by atoms with E-state index in [2.05, 4.69) is 91.8 Å². The molecule has 3 aromatic carbocycles. The van der Waals surface area contributed by atoms with Gasteiger partial charge < -0.3 is 4.90 Å². The van der Waals surface area contributed by atoms with Crippen molar-refractivity contribution in [2.75, 3.05) is 13.6 Å². The normalized spacial score (nSPS) is 24.3. The van der Waals surface area contributed by atoms with E-state index in [0.29, 0.717) is 0 Å². The molecule has 1 nitrogen and oxygen atoms in total. The molecule has 0 aromatic heterocycles. The molecule has 1 saturated carbocycles. The summed E-state index contributed by atoms with van der Waals surface area (Å²) in [5.74, 6) is 2.47. The molecule has 1 heterocycles. The van der Waals surface area contributed by atoms with Crippen LogP contribution in [0.1, 0.15) is 60.4 Å². The van der Waals surface area contributed by atoms with Crippen LogP contribution in [0.15, 0.2) is 54.7 Å². The van der Waals surface area contributed by atoms with E-state index < -0.39 is 0 Å². The third kappa shape index (κ3) is 3.67. The van der Waals surface area contributed by atoms with E-state index in [1.54, 1.807) is 16.7 Å². The molecular formula is C35H36N. The smallest absolute Gasteiger partial charge is 0.0209 e. The van der Waals surface area contributed by atoms with Crippen LogP contribution in [-0.2, 0) is 19.3 Å². The lowest BCUT2D eigenvalue weighted by Crippen LogP contribution is -2.30. The van der Waals surface area contributed by atoms with Crippen LogP contribution in [0, 0.1) is 34.3 Å². The van der Waals surface area contributed by atoms with Crippen molar-refractivity contribution in [3.63, 3.8) is 0 Å². The van der Waals surface area contributed by atoms with E-state index in [-0.39, 0.29) is 0 Å². The molecular weight excluding hydrogens is 434 g/mol. The van der Waals surface area contributed by atoms with Gasteiger partial charge in [-0.1, -0.05) is 68.0 Å². The zero-order valence-corrected chi connectivity index (χ0v) is 21.7. The molecule has 1 aliphatic heterocycles. The highest BCUT2D eigenvalue weighted by Gasteiger charge is 2.33. The highest BCUT2D eigenvalue weighted by Crippen LogP contribution is 2.43. The van der Waals surface area contributed by atoms with E-state index in [9.17, 15) is 0 Å². The average molecular weight is 471 g/mol. The summed E-state index contributed by atoms with van der Waals surface area (Å²) >= 11 is 0. The average Bonchev–Trinajstić information content (AvgIpc) is 3.26. The molecule has 0 saturated heterocycles. The summed E-state index contributed by atoms with van der Waals surface area (Å²) in [4.78, 5) is 2.32. The van der Waals surface area contributed by atoms with Gasteiger partial charge in [-0.3, -0.25) is 0 Å². The molecule has 4 aliphatic rings. The summed E-state index contributed by atoms with van der Waals surface area (Å²) in [7, 11) is 2.19. The van der Waals surface area contributed by atoms with Gasteiger partial charge in [0.15, 0.2) is 0 Å². The molecule has 181 valence electrons. The number of hydrogen-bond acceptors (Lipinski definition) is 1. The van der Waals surface area contributed by atoms with Crippen molar-refractivity contribution < 1.29 is 0 Å². The first-order chi connectivity index (χ1) is 17.7. The second kappa shape index (κ2) is 8.80. The van der Waals surface area contributed by atoms with Gasteiger partial charge in [0, 0.05) is 13.6 Å². The van der Waals surface area contributed by atoms with Crippen LogP contribution in [0.2, 0.25) is 0 Å². The summed E-state index contributed by atoms with van der Waals surface area (Å²) in [5.41, 5.74) is 8.99. The van der Waals surface area contributed by atoms with Gasteiger partial charge in [-0.25, -0.2) is 0 Å². The zero-order valence-electron chi connectivity index (χ0n) is 21.7. The minimum absolute atomic E-state index is 0.739. The summed E-state index contributed by atoms with van der Waals surface area (Å²) in [6.45, 7) is 3.53. The van der Waals surface area contributed by atoms with Gasteiger partial charge in [-0.15, -0.1) is 0 Å². The predicted molar refractivity (Wildman–Crippen MR) is 149 cm³/mol. The van der Waals surface area contributed by atoms with Crippen LogP contribution in [0.4, 0.5) is 0 Å². The first-order valence-electron chi connectivity index (χ1n) is 14.0. The molecule has 7 rings (SSSR count). The highest BCUT2D eigenvalue weighted by molar-refractivity contribution is 5.77. The second-order valence-electron chi connectivity index (χ2n) is 11.8. The van der Waals surface area contributed by atoms with Gasteiger partial charge in [0.2, 0.25) is 0 Å². The molecule has 1 radical (unpaired) electrons. The number of hydrogen-bond donors (Lipinski definition) is 0. The monoisotopic (exact) mass is 470 g/mol. The first kappa shape index (κ1) is 22.2. The summed E-state index contributed by atoms with van der Waals surface area (Å²) < 4.78 is 0. The molecule has 3 aliphatic carbocycles. The molecule has 0 bridgehead atoms. The SMILES string of the molecule is CC1CCC(C2CC(c3[c]ccc4c3C=CN(C)CC4)=c3ccc4c(c3C2)CC=c2ccccc2=4)C1. The fourth-order valence-electron chi connectivity index (χ4n) is 7.57. The Morgan fingerprint density at radius 2 is 1.78 bits per heavy atom. The van der Waals surface area contributed by atoms with Crippen molar-refractivity contribution >= 4 is 17.7 Å². The minimum Gasteiger partial charge on any atom is -0.380 e. The van der Waals surface area contributed by atoms with Crippen molar-refractivity contribution in [1.82, 2.24) is 4.90 Å². The maximum absolute atomic E-state index is 3.75. The Morgan fingerprint density at radius 1 is 0.889 bits per heavy atom. The number of fused-ring (bicyclic) bond motifs is 5. The molecule has 1 heteroatoms. The lowest BCUT2D eigenvalue weighted by molar-refractivity contribution is 0.328. The Morgan fingerprint density at radius 3 is 2.67 bits per heavy atom. The van der Waals surface area contributed by atoms with E-state index in [1.807, 2.05) is 0 Å². The summed E-state index contributed by atoms with van der Waals surface area (Å²) in [5, 5.41) is 5.76. The van der Waals surface area contributed by atoms with Crippen LogP contribution >= 0.6 is 0 Å². The van der Waals surface area contributed by atoms with E-state index >= 15 is 0 Å². The Hall–Kier alpha value is -3.06. The fourth-order valence-corrected chi connectivity index (χ4v) is 7.57. The van der Waals surface area contributed by atoms with E-state index in [1.165, 1.54) is 69.7 Å². The zero-order chi connectivity index (χ0) is 24.2. The molecule has 1 fully saturated rings. The molecule has 0 amide bonds. The number of rotatable bonds is 2. The van der Waals surface area contributed by atoms with Crippen LogP contribution < -0.4 is 10.4 Å². The molecule has 0 N–H and O–H groups in total. The molecule has 36 heavy (non-hydrogen) atoms. The number of nitrogens with zero attached hydrogens (tertiary/aromatic N) is 1. The van der Waals surface area contributed by atoms with Gasteiger partial charge in [0.25, 0.3) is 0 Å². The van der Waals surface area contributed by atoms with Gasteiger partial charge >= 0.3 is 0 Å². The summed E-state index contributed by atoms with van der Waals surface area (Å²) in [6, 6.07) is 22.1. The minimum atomic E-state index is 0.739. The fraction of sp³-hybridized carbons (Fsp3) is 0.371. The number of benzene rings is 3. The lowest BCUT2D eigenvalue weighted by atomic mass is 9.72. The van der Waals surface area contributed by atoms with Crippen molar-refractivity contribution in [3.8, 4) is 0 Å². The summed E-state index contributed by atoms with van der Waals surface area (Å²) in [6.07, 6.45) is 15.9. The van der Waals surface area contributed by atoms with Crippen LogP contribution in [-0.4, -0.2) is 18.5 Å². The molecule has 3 unspecified atom stereocenters. The van der Waals surface area contributed by atoms with Crippen LogP contribution in [0.25, 0.3) is 17.7 Å². The van der Waals surface area contributed by atoms with Crippen molar-refractivity contribution in [3.05, 3.63) is 109 Å². The third-order valence-electron chi connectivity index (χ3n) is 9.53. The number of likely N-dealkylation sites (N-methyl/N-ethyl adjacent to an activating group) is 1. The van der Waals surface area contributed by atoms with E-state index in [0.717, 1.165) is 37.1 Å². The third-order valence-corrected chi connectivity index (χ3v) is 9.53. The Kier molecular flexibility index (Phi) is 5.42. The van der Waals surface area contributed by atoms with Crippen LogP contribution in [0.3, 0.4) is 0 Å². The van der Waals surface area contributed by atoms with Gasteiger partial charge in [-0.2, -0.15) is 0 Å². The topological polar surface area (TPSA) is 3.24 Å². The molecule has 3 atom stereocenters. The molecule has 0 spiro atoms. The van der Waals surface area contributed by atoms with E-state index in [4.69, 9.17) is 0 Å².